The van der Waals surface area contributed by atoms with Gasteiger partial charge in [0.1, 0.15) is 30.4 Å². The Bertz CT molecular complexity index is 3030. The molecule has 0 aliphatic rings. The van der Waals surface area contributed by atoms with Gasteiger partial charge in [-0.1, -0.05) is 17.9 Å². The SMILES string of the molecule is O=S(=O)(O)OCCS(=O)(=O)c1cccc(Nc2nc(Cl)nc(Nc3cc(S(=O)(=O)[O-])cc4cc(S(=O)(=O)[O-])c(N=Nc5cccc(S(=O)(=O)[O-])c5)c([O-])c34)n2)c1.[Na+].[Na+].[Na+].[Na+]. The number of anilines is 4. The zero-order valence-electron chi connectivity index (χ0n) is 31.0. The second-order valence-electron chi connectivity index (χ2n) is 10.8. The maximum absolute atomic E-state index is 13.9. The number of nitrogens with one attached hydrogen (secondary N) is 2. The Morgan fingerprint density at radius 2 is 1.27 bits per heavy atom. The van der Waals surface area contributed by atoms with Gasteiger partial charge in [-0.3, -0.25) is 4.55 Å². The summed E-state index contributed by atoms with van der Waals surface area (Å²) in [6, 6.07) is 10.4. The van der Waals surface area contributed by atoms with Gasteiger partial charge in [0.25, 0.3) is 0 Å². The third-order valence-corrected chi connectivity index (χ3v) is 11.7. The average molecular weight is 984 g/mol. The first-order chi connectivity index (χ1) is 25.8. The van der Waals surface area contributed by atoms with Crippen molar-refractivity contribution in [2.75, 3.05) is 23.0 Å². The van der Waals surface area contributed by atoms with Crippen molar-refractivity contribution >= 4 is 108 Å². The minimum Gasteiger partial charge on any atom is -0.870 e. The fourth-order valence-corrected chi connectivity index (χ4v) is 8.00. The molecule has 0 aliphatic carbocycles. The van der Waals surface area contributed by atoms with Gasteiger partial charge >= 0.3 is 129 Å². The summed E-state index contributed by atoms with van der Waals surface area (Å²) in [6.07, 6.45) is 0. The number of rotatable bonds is 14. The van der Waals surface area contributed by atoms with Crippen molar-refractivity contribution in [2.24, 2.45) is 10.2 Å². The number of hydrogen-bond donors (Lipinski definition) is 3. The van der Waals surface area contributed by atoms with E-state index in [-0.39, 0.29) is 134 Å². The van der Waals surface area contributed by atoms with Gasteiger partial charge in [0.05, 0.1) is 43.3 Å². The van der Waals surface area contributed by atoms with Crippen LogP contribution in [0, 0.1) is 0 Å². The summed E-state index contributed by atoms with van der Waals surface area (Å²) < 4.78 is 167. The van der Waals surface area contributed by atoms with E-state index >= 15 is 0 Å². The van der Waals surface area contributed by atoms with E-state index in [1.807, 2.05) is 0 Å². The van der Waals surface area contributed by atoms with E-state index in [4.69, 9.17) is 16.2 Å². The first-order valence-electron chi connectivity index (χ1n) is 14.4. The third kappa shape index (κ3) is 15.3. The second-order valence-corrected chi connectivity index (χ2v) is 18.4. The number of aromatic nitrogens is 3. The number of nitrogens with zero attached hydrogens (tertiary/aromatic N) is 5. The standard InChI is InChI=1S/C27H22ClN7O16S5.4Na/c28-25-31-26(29-15-3-1-5-17(11-15)52(37,38)8-7-51-56(48,49)50)33-27(32-25)30-20-13-19(54(42,43)44)9-14-10-21(55(45,46)47)23(24(36)22(14)20)35-34-16-4-2-6-18(12-16)53(39,40)41;;;;/h1-6,9-13,36H,7-8H2,(H,39,40,41)(H,42,43,44)(H,45,46,47)(H,48,49,50)(H2,29,30,31,32,33);;;;/q;4*+1/p-4. The van der Waals surface area contributed by atoms with E-state index in [0.29, 0.717) is 18.2 Å². The molecule has 3 N–H and O–H groups in total. The second kappa shape index (κ2) is 22.3. The molecule has 0 bridgehead atoms. The van der Waals surface area contributed by atoms with E-state index in [1.165, 1.54) is 12.1 Å². The smallest absolute Gasteiger partial charge is 0.870 e. The molecule has 0 saturated heterocycles. The monoisotopic (exact) mass is 983 g/mol. The van der Waals surface area contributed by atoms with Crippen LogP contribution in [0.1, 0.15) is 0 Å². The van der Waals surface area contributed by atoms with Crippen LogP contribution in [-0.2, 0) is 54.8 Å². The molecule has 4 aromatic carbocycles. The van der Waals surface area contributed by atoms with Crippen LogP contribution in [0.5, 0.6) is 5.75 Å². The van der Waals surface area contributed by atoms with Crippen LogP contribution in [0.25, 0.3) is 10.8 Å². The molecule has 5 aromatic rings. The molecule has 0 fully saturated rings. The zero-order valence-corrected chi connectivity index (χ0v) is 43.8. The molecule has 1 aromatic heterocycles. The zero-order chi connectivity index (χ0) is 41.4. The Morgan fingerprint density at radius 1 is 0.683 bits per heavy atom. The molecule has 0 spiro atoms. The maximum Gasteiger partial charge on any atom is 1.00 e. The predicted molar refractivity (Wildman–Crippen MR) is 185 cm³/mol. The maximum atomic E-state index is 13.9. The topological polar surface area (TPSA) is 380 Å². The van der Waals surface area contributed by atoms with Gasteiger partial charge in [0, 0.05) is 11.4 Å². The van der Waals surface area contributed by atoms with Gasteiger partial charge < -0.3 is 29.4 Å². The average Bonchev–Trinajstić information content (AvgIpc) is 3.05. The van der Waals surface area contributed by atoms with Crippen molar-refractivity contribution in [1.82, 2.24) is 15.0 Å². The van der Waals surface area contributed by atoms with E-state index in [1.54, 1.807) is 0 Å². The van der Waals surface area contributed by atoms with Gasteiger partial charge in [-0.2, -0.15) is 28.5 Å². The van der Waals surface area contributed by atoms with Gasteiger partial charge in [-0.05, 0) is 77.0 Å². The van der Waals surface area contributed by atoms with Crippen LogP contribution in [0.15, 0.2) is 96.5 Å². The Labute approximate surface area is 434 Å². The molecule has 23 nitrogen and oxygen atoms in total. The fraction of sp³-hybridized carbons (Fsp3) is 0.0741. The van der Waals surface area contributed by atoms with Gasteiger partial charge in [-0.25, -0.2) is 37.9 Å². The van der Waals surface area contributed by atoms with Crippen LogP contribution in [0.2, 0.25) is 5.28 Å². The first kappa shape index (κ1) is 57.0. The first-order valence-corrected chi connectivity index (χ1v) is 22.0. The Balaban J connectivity index is 0.00000450. The van der Waals surface area contributed by atoms with Crippen molar-refractivity contribution in [3.8, 4) is 5.75 Å². The van der Waals surface area contributed by atoms with Gasteiger partial charge in [0.15, 0.2) is 9.84 Å². The number of fused-ring (bicyclic) bond motifs is 1. The number of benzene rings is 4. The van der Waals surface area contributed by atoms with Crippen molar-refractivity contribution in [1.29, 1.82) is 0 Å². The fourth-order valence-electron chi connectivity index (χ4n) is 4.63. The summed E-state index contributed by atoms with van der Waals surface area (Å²) >= 11 is 6.05. The van der Waals surface area contributed by atoms with Crippen molar-refractivity contribution in [3.63, 3.8) is 0 Å². The van der Waals surface area contributed by atoms with Crippen LogP contribution < -0.4 is 134 Å². The number of halogens is 1. The van der Waals surface area contributed by atoms with Crippen LogP contribution >= 0.6 is 11.6 Å². The van der Waals surface area contributed by atoms with Crippen LogP contribution in [0.4, 0.5) is 34.6 Å². The third-order valence-electron chi connectivity index (χ3n) is 6.92. The Hall–Kier alpha value is -1.01. The van der Waals surface area contributed by atoms with Gasteiger partial charge in [-0.15, -0.1) is 5.11 Å². The van der Waals surface area contributed by atoms with Crippen molar-refractivity contribution in [3.05, 3.63) is 72.0 Å². The summed E-state index contributed by atoms with van der Waals surface area (Å²) in [5.74, 6) is -3.24. The molecule has 0 saturated carbocycles. The van der Waals surface area contributed by atoms with E-state index in [9.17, 15) is 60.9 Å². The predicted octanol–water partition coefficient (Wildman–Crippen LogP) is -10.0. The molecule has 60 heavy (non-hydrogen) atoms. The molecule has 0 amide bonds. The largest absolute Gasteiger partial charge is 1.00 e. The molecule has 33 heteroatoms. The molecule has 0 unspecified atom stereocenters. The minimum absolute atomic E-state index is 0. The number of hydrogen-bond acceptors (Lipinski definition) is 22. The number of azo groups is 1. The summed E-state index contributed by atoms with van der Waals surface area (Å²) in [4.78, 5) is 8.19. The molecule has 5 rings (SSSR count). The number of sulfone groups is 1. The molecule has 1 heterocycles. The van der Waals surface area contributed by atoms with Crippen LogP contribution in [0.3, 0.4) is 0 Å². The summed E-state index contributed by atoms with van der Waals surface area (Å²) in [7, 11) is -25.0. The Kier molecular flexibility index (Phi) is 21.1. The minimum atomic E-state index is -5.60. The van der Waals surface area contributed by atoms with Crippen LogP contribution in [-0.4, -0.2) is 87.6 Å². The summed E-state index contributed by atoms with van der Waals surface area (Å²) in [5.41, 5.74) is -2.13. The normalized spacial score (nSPS) is 12.1. The van der Waals surface area contributed by atoms with E-state index in [0.717, 1.165) is 36.4 Å². The quantitative estimate of drug-likeness (QED) is 0.0528. The van der Waals surface area contributed by atoms with Crippen molar-refractivity contribution in [2.45, 2.75) is 19.6 Å². The molecule has 0 atom stereocenters. The molecular weight excluding hydrogens is 966 g/mol. The summed E-state index contributed by atoms with van der Waals surface area (Å²) in [6.45, 7) is -0.910. The van der Waals surface area contributed by atoms with E-state index < -0.39 is 123 Å². The Morgan fingerprint density at radius 3 is 1.85 bits per heavy atom. The van der Waals surface area contributed by atoms with Crippen molar-refractivity contribution < 1.29 is 188 Å². The molecule has 0 radical (unpaired) electrons. The van der Waals surface area contributed by atoms with Gasteiger partial charge in [0.2, 0.25) is 17.2 Å². The molecule has 0 aliphatic heterocycles. The molecule has 298 valence electrons. The molecular formula is C27H18ClN7Na4O16S5. The van der Waals surface area contributed by atoms with E-state index in [2.05, 4.69) is 40.0 Å². The summed E-state index contributed by atoms with van der Waals surface area (Å²) in [5, 5.41) is 24.3.